The highest BCUT2D eigenvalue weighted by Gasteiger charge is 2.12. The maximum Gasteiger partial charge on any atom is 0.224 e. The van der Waals surface area contributed by atoms with Crippen molar-refractivity contribution in [2.24, 2.45) is 0 Å². The molecule has 0 aliphatic rings. The van der Waals surface area contributed by atoms with E-state index in [2.05, 4.69) is 10.3 Å². The van der Waals surface area contributed by atoms with Crippen molar-refractivity contribution in [2.75, 3.05) is 0 Å². The summed E-state index contributed by atoms with van der Waals surface area (Å²) in [6.07, 6.45) is 4.64. The summed E-state index contributed by atoms with van der Waals surface area (Å²) in [6.45, 7) is 1.98. The van der Waals surface area contributed by atoms with Gasteiger partial charge in [0, 0.05) is 29.6 Å². The Morgan fingerprint density at radius 2 is 2.14 bits per heavy atom. The number of furan rings is 1. The third kappa shape index (κ3) is 3.16. The zero-order valence-electron chi connectivity index (χ0n) is 11.9. The van der Waals surface area contributed by atoms with Gasteiger partial charge in [-0.15, -0.1) is 0 Å². The molecular formula is C17H18N2O2. The number of carbonyl (C=O) groups is 1. The van der Waals surface area contributed by atoms with E-state index in [1.54, 1.807) is 6.26 Å². The molecule has 4 nitrogen and oxygen atoms in total. The zero-order chi connectivity index (χ0) is 14.7. The van der Waals surface area contributed by atoms with Gasteiger partial charge in [-0.05, 0) is 30.7 Å². The van der Waals surface area contributed by atoms with E-state index in [1.165, 1.54) is 0 Å². The van der Waals surface area contributed by atoms with Gasteiger partial charge in [-0.1, -0.05) is 18.2 Å². The highest BCUT2D eigenvalue weighted by atomic mass is 16.3. The summed E-state index contributed by atoms with van der Waals surface area (Å²) < 4.78 is 5.29. The molecule has 2 heterocycles. The summed E-state index contributed by atoms with van der Waals surface area (Å²) in [6, 6.07) is 11.8. The predicted molar refractivity (Wildman–Crippen MR) is 82.0 cm³/mol. The number of para-hydroxylation sites is 1. The van der Waals surface area contributed by atoms with E-state index in [4.69, 9.17) is 4.42 Å². The van der Waals surface area contributed by atoms with E-state index in [1.807, 2.05) is 49.5 Å². The molecule has 1 unspecified atom stereocenters. The second-order valence-corrected chi connectivity index (χ2v) is 5.29. The normalized spacial score (nSPS) is 12.4. The van der Waals surface area contributed by atoms with Crippen LogP contribution >= 0.6 is 0 Å². The monoisotopic (exact) mass is 282 g/mol. The first kappa shape index (κ1) is 13.5. The molecule has 1 atom stereocenters. The van der Waals surface area contributed by atoms with Crippen LogP contribution in [0.1, 0.15) is 18.2 Å². The smallest absolute Gasteiger partial charge is 0.224 e. The Balaban J connectivity index is 1.61. The molecular weight excluding hydrogens is 264 g/mol. The van der Waals surface area contributed by atoms with Gasteiger partial charge in [-0.3, -0.25) is 4.79 Å². The average Bonchev–Trinajstić information content (AvgIpc) is 3.09. The predicted octanol–water partition coefficient (Wildman–Crippen LogP) is 3.05. The molecule has 1 aromatic carbocycles. The first-order valence-corrected chi connectivity index (χ1v) is 7.09. The van der Waals surface area contributed by atoms with Crippen LogP contribution in [0.2, 0.25) is 0 Å². The SMILES string of the molecule is CC(Cc1ccco1)NC(=O)Cc1c[nH]c2ccccc12. The molecule has 1 amide bonds. The number of fused-ring (bicyclic) bond motifs is 1. The van der Waals surface area contributed by atoms with Crippen LogP contribution in [0.5, 0.6) is 0 Å². The van der Waals surface area contributed by atoms with Gasteiger partial charge in [0.25, 0.3) is 0 Å². The number of aromatic nitrogens is 1. The second-order valence-electron chi connectivity index (χ2n) is 5.29. The van der Waals surface area contributed by atoms with E-state index in [0.29, 0.717) is 12.8 Å². The maximum absolute atomic E-state index is 12.1. The molecule has 0 bridgehead atoms. The number of nitrogens with one attached hydrogen (secondary N) is 2. The summed E-state index contributed by atoms with van der Waals surface area (Å²) in [5.74, 6) is 0.911. The Bertz CT molecular complexity index is 728. The summed E-state index contributed by atoms with van der Waals surface area (Å²) >= 11 is 0. The van der Waals surface area contributed by atoms with E-state index < -0.39 is 0 Å². The van der Waals surface area contributed by atoms with Crippen molar-refractivity contribution in [2.45, 2.75) is 25.8 Å². The van der Waals surface area contributed by atoms with Gasteiger partial charge in [0.1, 0.15) is 5.76 Å². The van der Waals surface area contributed by atoms with Crippen molar-refractivity contribution in [3.63, 3.8) is 0 Å². The van der Waals surface area contributed by atoms with E-state index in [-0.39, 0.29) is 11.9 Å². The van der Waals surface area contributed by atoms with Gasteiger partial charge < -0.3 is 14.7 Å². The van der Waals surface area contributed by atoms with Gasteiger partial charge in [-0.25, -0.2) is 0 Å². The van der Waals surface area contributed by atoms with Crippen LogP contribution in [0.4, 0.5) is 0 Å². The number of benzene rings is 1. The molecule has 4 heteroatoms. The molecule has 0 aliphatic carbocycles. The number of carbonyl (C=O) groups excluding carboxylic acids is 1. The quantitative estimate of drug-likeness (QED) is 0.755. The lowest BCUT2D eigenvalue weighted by Gasteiger charge is -2.12. The third-order valence-electron chi connectivity index (χ3n) is 3.52. The molecule has 21 heavy (non-hydrogen) atoms. The molecule has 2 aromatic heterocycles. The Hall–Kier alpha value is -2.49. The number of H-pyrrole nitrogens is 1. The van der Waals surface area contributed by atoms with Crippen LogP contribution in [-0.4, -0.2) is 16.9 Å². The summed E-state index contributed by atoms with van der Waals surface area (Å²) in [5.41, 5.74) is 2.08. The summed E-state index contributed by atoms with van der Waals surface area (Å²) in [5, 5.41) is 4.11. The largest absolute Gasteiger partial charge is 0.469 e. The van der Waals surface area contributed by atoms with E-state index >= 15 is 0 Å². The minimum atomic E-state index is 0.0267. The fraction of sp³-hybridized carbons (Fsp3) is 0.235. The molecule has 3 rings (SSSR count). The summed E-state index contributed by atoms with van der Waals surface area (Å²) in [4.78, 5) is 15.3. The number of hydrogen-bond acceptors (Lipinski definition) is 2. The van der Waals surface area contributed by atoms with Crippen molar-refractivity contribution in [1.29, 1.82) is 0 Å². The van der Waals surface area contributed by atoms with Crippen molar-refractivity contribution in [3.05, 3.63) is 60.2 Å². The second kappa shape index (κ2) is 5.87. The average molecular weight is 282 g/mol. The molecule has 3 aromatic rings. The van der Waals surface area contributed by atoms with E-state index in [9.17, 15) is 4.79 Å². The van der Waals surface area contributed by atoms with E-state index in [0.717, 1.165) is 22.2 Å². The molecule has 0 spiro atoms. The van der Waals surface area contributed by atoms with Crippen molar-refractivity contribution in [3.8, 4) is 0 Å². The number of aromatic amines is 1. The third-order valence-corrected chi connectivity index (χ3v) is 3.52. The van der Waals surface area contributed by atoms with Crippen LogP contribution in [0, 0.1) is 0 Å². The van der Waals surface area contributed by atoms with Crippen LogP contribution in [-0.2, 0) is 17.6 Å². The molecule has 0 saturated heterocycles. The lowest BCUT2D eigenvalue weighted by atomic mass is 10.1. The number of rotatable bonds is 5. The van der Waals surface area contributed by atoms with Crippen LogP contribution in [0.3, 0.4) is 0 Å². The van der Waals surface area contributed by atoms with Crippen molar-refractivity contribution < 1.29 is 9.21 Å². The Morgan fingerprint density at radius 3 is 2.95 bits per heavy atom. The van der Waals surface area contributed by atoms with Gasteiger partial charge in [-0.2, -0.15) is 0 Å². The highest BCUT2D eigenvalue weighted by molar-refractivity contribution is 5.88. The first-order valence-electron chi connectivity index (χ1n) is 7.09. The van der Waals surface area contributed by atoms with Gasteiger partial charge in [0.15, 0.2) is 0 Å². The minimum absolute atomic E-state index is 0.0267. The maximum atomic E-state index is 12.1. The number of amides is 1. The van der Waals surface area contributed by atoms with Gasteiger partial charge >= 0.3 is 0 Å². The van der Waals surface area contributed by atoms with Gasteiger partial charge in [0.05, 0.1) is 12.7 Å². The number of hydrogen-bond donors (Lipinski definition) is 2. The standard InChI is InChI=1S/C17H18N2O2/c1-12(9-14-5-4-8-21-14)19-17(20)10-13-11-18-16-7-3-2-6-15(13)16/h2-8,11-12,18H,9-10H2,1H3,(H,19,20). The first-order chi connectivity index (χ1) is 10.2. The fourth-order valence-corrected chi connectivity index (χ4v) is 2.56. The lowest BCUT2D eigenvalue weighted by Crippen LogP contribution is -2.35. The molecule has 0 saturated carbocycles. The molecule has 108 valence electrons. The van der Waals surface area contributed by atoms with Gasteiger partial charge in [0.2, 0.25) is 5.91 Å². The fourth-order valence-electron chi connectivity index (χ4n) is 2.56. The van der Waals surface area contributed by atoms with Crippen LogP contribution in [0.15, 0.2) is 53.3 Å². The Labute approximate surface area is 123 Å². The zero-order valence-corrected chi connectivity index (χ0v) is 11.9. The van der Waals surface area contributed by atoms with Crippen molar-refractivity contribution in [1.82, 2.24) is 10.3 Å². The summed E-state index contributed by atoms with van der Waals surface area (Å²) in [7, 11) is 0. The molecule has 2 N–H and O–H groups in total. The molecule has 0 fully saturated rings. The van der Waals surface area contributed by atoms with Crippen LogP contribution in [0.25, 0.3) is 10.9 Å². The highest BCUT2D eigenvalue weighted by Crippen LogP contribution is 2.18. The topological polar surface area (TPSA) is 58.0 Å². The van der Waals surface area contributed by atoms with Crippen molar-refractivity contribution >= 4 is 16.8 Å². The van der Waals surface area contributed by atoms with Crippen LogP contribution < -0.4 is 5.32 Å². The molecule has 0 radical (unpaired) electrons. The molecule has 0 aliphatic heterocycles. The lowest BCUT2D eigenvalue weighted by molar-refractivity contribution is -0.121. The Morgan fingerprint density at radius 1 is 1.29 bits per heavy atom. The Kier molecular flexibility index (Phi) is 3.77. The minimum Gasteiger partial charge on any atom is -0.469 e.